The van der Waals surface area contributed by atoms with Gasteiger partial charge in [-0.25, -0.2) is 9.78 Å². The van der Waals surface area contributed by atoms with Crippen LogP contribution >= 0.6 is 34.3 Å². The number of amides is 2. The molecule has 1 aliphatic heterocycles. The average molecular weight is 428 g/mol. The topological polar surface area (TPSA) is 71.5 Å². The van der Waals surface area contributed by atoms with Gasteiger partial charge in [0, 0.05) is 16.3 Å². The number of hydrogen-bond donors (Lipinski definition) is 1. The van der Waals surface area contributed by atoms with E-state index >= 15 is 0 Å². The van der Waals surface area contributed by atoms with E-state index in [0.717, 1.165) is 22.6 Å². The van der Waals surface area contributed by atoms with Gasteiger partial charge in [-0.1, -0.05) is 22.9 Å². The molecule has 2 amide bonds. The maximum atomic E-state index is 12.6. The van der Waals surface area contributed by atoms with Crippen molar-refractivity contribution in [2.75, 3.05) is 11.9 Å². The number of aryl methyl sites for hydroxylation is 1. The summed E-state index contributed by atoms with van der Waals surface area (Å²) in [7, 11) is 0. The number of rotatable bonds is 3. The van der Waals surface area contributed by atoms with E-state index in [9.17, 15) is 9.59 Å². The van der Waals surface area contributed by atoms with Crippen molar-refractivity contribution in [2.24, 2.45) is 0 Å². The number of halogens is 1. The summed E-state index contributed by atoms with van der Waals surface area (Å²) < 4.78 is 6.05. The quantitative estimate of drug-likeness (QED) is 0.702. The number of aromatic nitrogens is 1. The van der Waals surface area contributed by atoms with E-state index in [2.05, 4.69) is 10.3 Å². The molecule has 0 aromatic carbocycles. The molecular formula is C18H22ClN3O3S2. The molecule has 1 N–H and O–H groups in total. The lowest BCUT2D eigenvalue weighted by Gasteiger charge is -2.28. The number of ether oxygens (including phenoxy) is 1. The Morgan fingerprint density at radius 3 is 2.74 bits per heavy atom. The zero-order valence-corrected chi connectivity index (χ0v) is 18.1. The molecule has 1 aliphatic rings. The highest BCUT2D eigenvalue weighted by molar-refractivity contribution is 7.19. The summed E-state index contributed by atoms with van der Waals surface area (Å²) in [5.41, 5.74) is 0.0627. The smallest absolute Gasteiger partial charge is 0.410 e. The second-order valence-corrected chi connectivity index (χ2v) is 10.3. The fraction of sp³-hybridized carbons (Fsp3) is 0.500. The lowest BCUT2D eigenvalue weighted by Crippen LogP contribution is -2.36. The summed E-state index contributed by atoms with van der Waals surface area (Å²) in [5.74, 6) is -0.220. The Kier molecular flexibility index (Phi) is 5.79. The molecule has 6 nitrogen and oxygen atoms in total. The third kappa shape index (κ3) is 4.80. The molecule has 3 rings (SSSR count). The summed E-state index contributed by atoms with van der Waals surface area (Å²) >= 11 is 8.62. The molecule has 27 heavy (non-hydrogen) atoms. The van der Waals surface area contributed by atoms with Gasteiger partial charge < -0.3 is 9.64 Å². The fourth-order valence-corrected chi connectivity index (χ4v) is 4.95. The van der Waals surface area contributed by atoms with Crippen LogP contribution in [0, 0.1) is 6.92 Å². The minimum atomic E-state index is -0.532. The van der Waals surface area contributed by atoms with Gasteiger partial charge in [0.25, 0.3) is 5.91 Å². The zero-order chi connectivity index (χ0) is 19.8. The number of likely N-dealkylation sites (tertiary alicyclic amines) is 1. The molecule has 1 unspecified atom stereocenters. The predicted octanol–water partition coefficient (Wildman–Crippen LogP) is 5.49. The number of thiazole rings is 1. The molecular weight excluding hydrogens is 406 g/mol. The Morgan fingerprint density at radius 1 is 1.37 bits per heavy atom. The van der Waals surface area contributed by atoms with Crippen LogP contribution in [0.25, 0.3) is 0 Å². The Morgan fingerprint density at radius 2 is 2.11 bits per heavy atom. The Bertz CT molecular complexity index is 856. The van der Waals surface area contributed by atoms with Gasteiger partial charge in [-0.05, 0) is 46.6 Å². The largest absolute Gasteiger partial charge is 0.444 e. The lowest BCUT2D eigenvalue weighted by atomic mass is 10.1. The van der Waals surface area contributed by atoms with Gasteiger partial charge >= 0.3 is 6.09 Å². The van der Waals surface area contributed by atoms with E-state index < -0.39 is 5.60 Å². The molecule has 2 aromatic heterocycles. The highest BCUT2D eigenvalue weighted by Crippen LogP contribution is 2.38. The second kappa shape index (κ2) is 7.77. The highest BCUT2D eigenvalue weighted by Gasteiger charge is 2.34. The van der Waals surface area contributed by atoms with Crippen molar-refractivity contribution in [3.8, 4) is 0 Å². The standard InChI is InChI=1S/C18H22ClN3O3S2/c1-10-11(15(23)21-16-20-9-14(19)27-16)8-13(26-10)12-6-5-7-22(12)17(24)25-18(2,3)4/h8-9,12H,5-7H2,1-4H3,(H,20,21,23). The van der Waals surface area contributed by atoms with E-state index in [4.69, 9.17) is 16.3 Å². The number of nitrogens with zero attached hydrogens (tertiary/aromatic N) is 2. The van der Waals surface area contributed by atoms with Crippen LogP contribution in [0.3, 0.4) is 0 Å². The first-order valence-electron chi connectivity index (χ1n) is 8.66. The number of carbonyl (C=O) groups is 2. The Hall–Kier alpha value is -1.64. The molecule has 0 bridgehead atoms. The highest BCUT2D eigenvalue weighted by atomic mass is 35.5. The maximum Gasteiger partial charge on any atom is 0.410 e. The summed E-state index contributed by atoms with van der Waals surface area (Å²) in [5, 5.41) is 3.24. The number of thiophene rings is 1. The molecule has 1 atom stereocenters. The van der Waals surface area contributed by atoms with Crippen molar-refractivity contribution in [3.63, 3.8) is 0 Å². The molecule has 2 aromatic rings. The first-order chi connectivity index (χ1) is 12.6. The molecule has 3 heterocycles. The van der Waals surface area contributed by atoms with Gasteiger partial charge in [0.1, 0.15) is 9.94 Å². The van der Waals surface area contributed by atoms with Crippen LogP contribution in [0.4, 0.5) is 9.93 Å². The fourth-order valence-electron chi connectivity index (χ4n) is 2.97. The summed E-state index contributed by atoms with van der Waals surface area (Å²) in [4.78, 5) is 32.8. The third-order valence-corrected chi connectivity index (χ3v) is 6.27. The van der Waals surface area contributed by atoms with Gasteiger partial charge in [-0.3, -0.25) is 10.1 Å². The van der Waals surface area contributed by atoms with Crippen molar-refractivity contribution in [2.45, 2.75) is 52.2 Å². The van der Waals surface area contributed by atoms with Crippen molar-refractivity contribution in [1.29, 1.82) is 0 Å². The number of carbonyl (C=O) groups excluding carboxylic acids is 2. The zero-order valence-electron chi connectivity index (χ0n) is 15.7. The monoisotopic (exact) mass is 427 g/mol. The SMILES string of the molecule is Cc1sc(C2CCCN2C(=O)OC(C)(C)C)cc1C(=O)Nc1ncc(Cl)s1. The van der Waals surface area contributed by atoms with Crippen molar-refractivity contribution in [3.05, 3.63) is 31.9 Å². The second-order valence-electron chi connectivity index (χ2n) is 7.37. The number of anilines is 1. The van der Waals surface area contributed by atoms with E-state index in [-0.39, 0.29) is 18.0 Å². The van der Waals surface area contributed by atoms with E-state index in [1.807, 2.05) is 33.8 Å². The molecule has 1 saturated heterocycles. The summed E-state index contributed by atoms with van der Waals surface area (Å²) in [6.07, 6.45) is 2.98. The molecule has 0 aliphatic carbocycles. The van der Waals surface area contributed by atoms with Crippen LogP contribution in [0.15, 0.2) is 12.3 Å². The van der Waals surface area contributed by atoms with Crippen LogP contribution in [0.1, 0.15) is 59.8 Å². The Balaban J connectivity index is 1.76. The first kappa shape index (κ1) is 20.1. The van der Waals surface area contributed by atoms with E-state index in [1.54, 1.807) is 16.2 Å². The molecule has 1 fully saturated rings. The van der Waals surface area contributed by atoms with Gasteiger partial charge in [-0.15, -0.1) is 11.3 Å². The normalized spacial score (nSPS) is 17.2. The third-order valence-electron chi connectivity index (χ3n) is 4.09. The minimum absolute atomic E-state index is 0.0561. The molecule has 0 saturated carbocycles. The van der Waals surface area contributed by atoms with Crippen LogP contribution in [0.5, 0.6) is 0 Å². The van der Waals surface area contributed by atoms with E-state index in [1.165, 1.54) is 17.5 Å². The van der Waals surface area contributed by atoms with Crippen LogP contribution in [-0.2, 0) is 4.74 Å². The molecule has 0 radical (unpaired) electrons. The first-order valence-corrected chi connectivity index (χ1v) is 10.7. The van der Waals surface area contributed by atoms with Crippen LogP contribution in [0.2, 0.25) is 4.34 Å². The molecule has 9 heteroatoms. The summed E-state index contributed by atoms with van der Waals surface area (Å²) in [6.45, 7) is 8.15. The summed E-state index contributed by atoms with van der Waals surface area (Å²) in [6, 6.07) is 1.82. The van der Waals surface area contributed by atoms with Crippen molar-refractivity contribution >= 4 is 51.4 Å². The average Bonchev–Trinajstić information content (AvgIpc) is 3.25. The predicted molar refractivity (Wildman–Crippen MR) is 109 cm³/mol. The Labute approximate surface area is 171 Å². The number of nitrogens with one attached hydrogen (secondary N) is 1. The maximum absolute atomic E-state index is 12.6. The molecule has 146 valence electrons. The number of hydrogen-bond acceptors (Lipinski definition) is 6. The lowest BCUT2D eigenvalue weighted by molar-refractivity contribution is 0.0227. The minimum Gasteiger partial charge on any atom is -0.444 e. The van der Waals surface area contributed by atoms with Gasteiger partial charge in [0.15, 0.2) is 5.13 Å². The molecule has 0 spiro atoms. The van der Waals surface area contributed by atoms with Gasteiger partial charge in [-0.2, -0.15) is 0 Å². The van der Waals surface area contributed by atoms with Gasteiger partial charge in [0.2, 0.25) is 0 Å². The van der Waals surface area contributed by atoms with Crippen LogP contribution < -0.4 is 5.32 Å². The van der Waals surface area contributed by atoms with Crippen molar-refractivity contribution in [1.82, 2.24) is 9.88 Å². The van der Waals surface area contributed by atoms with Gasteiger partial charge in [0.05, 0.1) is 17.8 Å². The van der Waals surface area contributed by atoms with Crippen LogP contribution in [-0.4, -0.2) is 34.0 Å². The van der Waals surface area contributed by atoms with E-state index in [0.29, 0.717) is 21.6 Å². The van der Waals surface area contributed by atoms with Crippen molar-refractivity contribution < 1.29 is 14.3 Å².